The summed E-state index contributed by atoms with van der Waals surface area (Å²) >= 11 is 1.36. The van der Waals surface area contributed by atoms with E-state index in [0.717, 1.165) is 0 Å². The van der Waals surface area contributed by atoms with E-state index in [2.05, 4.69) is 5.32 Å². The van der Waals surface area contributed by atoms with Crippen molar-refractivity contribution in [1.29, 1.82) is 0 Å². The first kappa shape index (κ1) is 28.8. The van der Waals surface area contributed by atoms with E-state index in [4.69, 9.17) is 9.47 Å². The molecule has 182 valence electrons. The number of hydrogen-bond acceptors (Lipinski definition) is 7. The molecule has 4 atom stereocenters. The molecule has 8 nitrogen and oxygen atoms in total. The van der Waals surface area contributed by atoms with Gasteiger partial charge in [0.2, 0.25) is 5.91 Å². The van der Waals surface area contributed by atoms with Crippen LogP contribution in [0.2, 0.25) is 0 Å². The number of nitrogens with zero attached hydrogens (tertiary/aromatic N) is 1. The summed E-state index contributed by atoms with van der Waals surface area (Å²) in [6.45, 7) is 9.55. The number of fused-ring (bicyclic) bond motifs is 1. The molecule has 10 heteroatoms. The molecule has 1 unspecified atom stereocenters. The number of carboxylic acids is 1. The molecular weight excluding hydrogens is 467 g/mol. The van der Waals surface area contributed by atoms with E-state index in [0.29, 0.717) is 30.8 Å². The van der Waals surface area contributed by atoms with Crippen LogP contribution < -0.4 is 49.5 Å². The summed E-state index contributed by atoms with van der Waals surface area (Å²) in [5.41, 5.74) is -1.20. The van der Waals surface area contributed by atoms with Gasteiger partial charge in [-0.3, -0.25) is 9.59 Å². The first-order valence-electron chi connectivity index (χ1n) is 11.3. The third-order valence-electron chi connectivity index (χ3n) is 6.13. The fourth-order valence-corrected chi connectivity index (χ4v) is 6.44. The monoisotopic (exact) mass is 500 g/mol. The van der Waals surface area contributed by atoms with Crippen LogP contribution in [0.25, 0.3) is 0 Å². The molecule has 0 spiro atoms. The van der Waals surface area contributed by atoms with Crippen LogP contribution in [0.15, 0.2) is 24.3 Å². The van der Waals surface area contributed by atoms with Gasteiger partial charge in [-0.2, -0.15) is 0 Å². The number of methoxy groups -OCH3 is 1. The third-order valence-corrected chi connectivity index (χ3v) is 7.70. The summed E-state index contributed by atoms with van der Waals surface area (Å²) in [6, 6.07) is 5.32. The largest absolute Gasteiger partial charge is 1.00 e. The Morgan fingerprint density at radius 3 is 2.41 bits per heavy atom. The second-order valence-corrected chi connectivity index (χ2v) is 11.4. The van der Waals surface area contributed by atoms with Gasteiger partial charge in [0, 0.05) is 4.75 Å². The average Bonchev–Trinajstić information content (AvgIpc) is 2.99. The first-order valence-corrected chi connectivity index (χ1v) is 12.2. The van der Waals surface area contributed by atoms with E-state index in [1.54, 1.807) is 33.1 Å². The number of para-hydroxylation sites is 2. The van der Waals surface area contributed by atoms with Gasteiger partial charge in [0.15, 0.2) is 17.1 Å². The minimum atomic E-state index is -1.28. The summed E-state index contributed by atoms with van der Waals surface area (Å²) in [7, 11) is 1.54. The molecule has 34 heavy (non-hydrogen) atoms. The predicted molar refractivity (Wildman–Crippen MR) is 124 cm³/mol. The van der Waals surface area contributed by atoms with Crippen molar-refractivity contribution < 1.29 is 58.5 Å². The number of benzene rings is 1. The molecule has 2 heterocycles. The predicted octanol–water partition coefficient (Wildman–Crippen LogP) is -1.04. The van der Waals surface area contributed by atoms with Crippen molar-refractivity contribution in [1.82, 2.24) is 10.2 Å². The first-order chi connectivity index (χ1) is 15.5. The van der Waals surface area contributed by atoms with Crippen LogP contribution in [0.3, 0.4) is 0 Å². The van der Waals surface area contributed by atoms with Gasteiger partial charge in [-0.15, -0.1) is 11.8 Å². The zero-order valence-corrected chi connectivity index (χ0v) is 23.9. The molecule has 0 radical (unpaired) electrons. The number of amides is 2. The number of nitrogens with one attached hydrogen (secondary N) is 1. The number of thioether (sulfide) groups is 1. The SMILES string of the molecule is CCCC(CC(C)C)(Oc1ccccc1OC)C(=O)N[C@@H]1C(=O)N2[C@@H]1SC(C)(C)[C@@H]2C(=O)[O-].[Na+]. The van der Waals surface area contributed by atoms with Gasteiger partial charge in [-0.25, -0.2) is 0 Å². The Labute approximate surface area is 227 Å². The van der Waals surface area contributed by atoms with Crippen molar-refractivity contribution in [3.8, 4) is 11.5 Å². The Bertz CT molecular complexity index is 926. The molecule has 2 fully saturated rings. The van der Waals surface area contributed by atoms with Crippen LogP contribution in [0, 0.1) is 5.92 Å². The molecule has 0 aliphatic carbocycles. The molecule has 2 aliphatic heterocycles. The zero-order chi connectivity index (χ0) is 24.6. The van der Waals surface area contributed by atoms with Gasteiger partial charge >= 0.3 is 29.6 Å². The van der Waals surface area contributed by atoms with Crippen molar-refractivity contribution >= 4 is 29.5 Å². The van der Waals surface area contributed by atoms with E-state index in [1.807, 2.05) is 32.9 Å². The van der Waals surface area contributed by atoms with Crippen molar-refractivity contribution in [2.24, 2.45) is 5.92 Å². The van der Waals surface area contributed by atoms with Gasteiger partial charge < -0.3 is 29.6 Å². The number of carboxylic acid groups (broad SMARTS) is 1. The van der Waals surface area contributed by atoms with Crippen LogP contribution in [0.1, 0.15) is 53.9 Å². The molecule has 1 aromatic rings. The Hall–Kier alpha value is -1.42. The molecule has 2 saturated heterocycles. The number of hydrogen-bond donors (Lipinski definition) is 1. The zero-order valence-electron chi connectivity index (χ0n) is 21.0. The number of carbonyl (C=O) groups excluding carboxylic acids is 3. The average molecular weight is 501 g/mol. The van der Waals surface area contributed by atoms with Crippen molar-refractivity contribution in [2.45, 2.75) is 81.7 Å². The minimum Gasteiger partial charge on any atom is -0.548 e. The fourth-order valence-electron chi connectivity index (χ4n) is 4.82. The quantitative estimate of drug-likeness (QED) is 0.323. The van der Waals surface area contributed by atoms with Crippen LogP contribution in [0.4, 0.5) is 0 Å². The van der Waals surface area contributed by atoms with Crippen molar-refractivity contribution in [2.75, 3.05) is 7.11 Å². The molecule has 0 bridgehead atoms. The van der Waals surface area contributed by atoms with Gasteiger partial charge in [0.1, 0.15) is 11.4 Å². The Morgan fingerprint density at radius 2 is 1.88 bits per heavy atom. The number of aliphatic carboxylic acids is 1. The van der Waals surface area contributed by atoms with Crippen LogP contribution in [-0.4, -0.2) is 57.6 Å². The summed E-state index contributed by atoms with van der Waals surface area (Å²) in [5, 5.41) is 14.1. The van der Waals surface area contributed by atoms with Crippen LogP contribution in [-0.2, 0) is 14.4 Å². The summed E-state index contributed by atoms with van der Waals surface area (Å²) in [4.78, 5) is 39.6. The van der Waals surface area contributed by atoms with E-state index in [1.165, 1.54) is 16.7 Å². The van der Waals surface area contributed by atoms with Crippen molar-refractivity contribution in [3.63, 3.8) is 0 Å². The minimum absolute atomic E-state index is 0. The van der Waals surface area contributed by atoms with Gasteiger partial charge in [0.05, 0.1) is 19.1 Å². The summed E-state index contributed by atoms with van der Waals surface area (Å²) in [5.74, 6) is -0.949. The molecule has 0 saturated carbocycles. The van der Waals surface area contributed by atoms with Crippen molar-refractivity contribution in [3.05, 3.63) is 24.3 Å². The molecule has 2 amide bonds. The normalized spacial score (nSPS) is 24.4. The molecule has 2 aliphatic rings. The van der Waals surface area contributed by atoms with E-state index >= 15 is 0 Å². The molecule has 1 N–H and O–H groups in total. The smallest absolute Gasteiger partial charge is 0.548 e. The standard InChI is InChI=1S/C24H34N2O6S.Na/c1-7-12-24(13-14(2)3,32-16-11-9-8-10-15(16)31-6)22(30)25-17-19(27)26-18(21(28)29)23(4,5)33-20(17)26;/h8-11,14,17-18,20H,7,12-13H2,1-6H3,(H,25,30)(H,28,29);/q;+1/p-1/t17-,18+,20-,24?;/m1./s1. The molecular formula is C24H33N2NaO6S. The van der Waals surface area contributed by atoms with E-state index in [9.17, 15) is 19.5 Å². The van der Waals surface area contributed by atoms with Crippen LogP contribution in [0.5, 0.6) is 11.5 Å². The molecule has 0 aromatic heterocycles. The third kappa shape index (κ3) is 5.37. The number of ether oxygens (including phenoxy) is 2. The Morgan fingerprint density at radius 1 is 1.26 bits per heavy atom. The van der Waals surface area contributed by atoms with E-state index < -0.39 is 39.7 Å². The number of β-lactam (4-membered cyclic amide) rings is 1. The van der Waals surface area contributed by atoms with Gasteiger partial charge in [0.25, 0.3) is 5.91 Å². The maximum absolute atomic E-state index is 13.7. The second kappa shape index (κ2) is 11.1. The van der Waals surface area contributed by atoms with E-state index in [-0.39, 0.29) is 41.4 Å². The maximum atomic E-state index is 13.7. The Kier molecular flexibility index (Phi) is 9.41. The topological polar surface area (TPSA) is 108 Å². The van der Waals surface area contributed by atoms with Crippen LogP contribution >= 0.6 is 11.8 Å². The number of carbonyl (C=O) groups is 3. The Balaban J connectivity index is 0.00000408. The molecule has 3 rings (SSSR count). The number of rotatable bonds is 10. The summed E-state index contributed by atoms with van der Waals surface area (Å²) < 4.78 is 11.1. The molecule has 1 aromatic carbocycles. The second-order valence-electron chi connectivity index (χ2n) is 9.63. The fraction of sp³-hybridized carbons (Fsp3) is 0.625. The summed E-state index contributed by atoms with van der Waals surface area (Å²) in [6.07, 6.45) is 1.59. The maximum Gasteiger partial charge on any atom is 1.00 e. The van der Waals surface area contributed by atoms with Gasteiger partial charge in [-0.05, 0) is 44.7 Å². The van der Waals surface area contributed by atoms with Gasteiger partial charge in [-0.1, -0.05) is 39.3 Å².